The Morgan fingerprint density at radius 3 is 2.48 bits per heavy atom. The van der Waals surface area contributed by atoms with Crippen molar-refractivity contribution in [2.45, 2.75) is 52.5 Å². The normalized spacial score (nSPS) is 17.1. The van der Waals surface area contributed by atoms with E-state index in [1.165, 1.54) is 5.56 Å². The summed E-state index contributed by atoms with van der Waals surface area (Å²) >= 11 is 0. The van der Waals surface area contributed by atoms with Crippen LogP contribution in [0.2, 0.25) is 0 Å². The van der Waals surface area contributed by atoms with E-state index < -0.39 is 0 Å². The molecule has 1 aromatic carbocycles. The Morgan fingerprint density at radius 1 is 1.28 bits per heavy atom. The fourth-order valence-corrected chi connectivity index (χ4v) is 3.22. The van der Waals surface area contributed by atoms with Crippen molar-refractivity contribution in [3.8, 4) is 5.75 Å². The lowest BCUT2D eigenvalue weighted by atomic mass is 9.87. The van der Waals surface area contributed by atoms with E-state index in [1.807, 2.05) is 30.9 Å². The molecule has 1 fully saturated rings. The highest BCUT2D eigenvalue weighted by Gasteiger charge is 2.27. The maximum atomic E-state index is 12.1. The number of carbonyl (C=O) groups excluding carboxylic acids is 1. The number of likely N-dealkylation sites (tertiary alicyclic amines) is 1. The first-order valence-corrected chi connectivity index (χ1v) is 10.2. The summed E-state index contributed by atoms with van der Waals surface area (Å²) in [6.45, 7) is 13.2. The van der Waals surface area contributed by atoms with E-state index in [0.717, 1.165) is 31.2 Å². The molecule has 0 saturated carbocycles. The van der Waals surface area contributed by atoms with Gasteiger partial charge in [0.15, 0.2) is 5.96 Å². The van der Waals surface area contributed by atoms with Gasteiger partial charge in [0.05, 0.1) is 6.54 Å². The van der Waals surface area contributed by atoms with Gasteiger partial charge in [-0.15, -0.1) is 24.0 Å². The topological polar surface area (TPSA) is 66.0 Å². The van der Waals surface area contributed by atoms with Gasteiger partial charge in [0.1, 0.15) is 12.4 Å². The molecule has 1 heterocycles. The second kappa shape index (κ2) is 11.6. The molecule has 1 aliphatic rings. The number of halogens is 1. The van der Waals surface area contributed by atoms with Gasteiger partial charge in [-0.2, -0.15) is 0 Å². The van der Waals surface area contributed by atoms with Crippen molar-refractivity contribution in [3.63, 3.8) is 0 Å². The van der Waals surface area contributed by atoms with Gasteiger partial charge in [-0.1, -0.05) is 46.8 Å². The molecule has 1 aromatic rings. The average Bonchev–Trinajstić information content (AvgIpc) is 3.11. The molecule has 2 rings (SSSR count). The number of nitrogens with one attached hydrogen (secondary N) is 2. The molecule has 1 amide bonds. The molecule has 2 N–H and O–H groups in total. The van der Waals surface area contributed by atoms with E-state index in [9.17, 15) is 4.79 Å². The summed E-state index contributed by atoms with van der Waals surface area (Å²) in [6.07, 6.45) is 0.940. The van der Waals surface area contributed by atoms with Crippen molar-refractivity contribution in [3.05, 3.63) is 29.8 Å². The lowest BCUT2D eigenvalue weighted by Crippen LogP contribution is -2.46. The van der Waals surface area contributed by atoms with Crippen molar-refractivity contribution >= 4 is 35.8 Å². The Bertz CT molecular complexity index is 668. The van der Waals surface area contributed by atoms with Crippen LogP contribution in [0.1, 0.15) is 46.6 Å². The van der Waals surface area contributed by atoms with E-state index in [-0.39, 0.29) is 47.3 Å². The quantitative estimate of drug-likeness (QED) is 0.263. The highest BCUT2D eigenvalue weighted by molar-refractivity contribution is 14.0. The highest BCUT2D eigenvalue weighted by Crippen LogP contribution is 2.24. The first kappa shape index (κ1) is 25.5. The van der Waals surface area contributed by atoms with E-state index in [4.69, 9.17) is 4.74 Å². The average molecular weight is 516 g/mol. The summed E-state index contributed by atoms with van der Waals surface area (Å²) in [5, 5.41) is 6.68. The SMILES string of the molecule is CN=C(NCCOc1ccc(C(C)(C)C)cc1)NC1CCN(C(=O)C(C)C)C1.I. The van der Waals surface area contributed by atoms with Crippen molar-refractivity contribution in [2.24, 2.45) is 10.9 Å². The first-order valence-electron chi connectivity index (χ1n) is 10.2. The smallest absolute Gasteiger partial charge is 0.225 e. The molecule has 1 atom stereocenters. The Labute approximate surface area is 192 Å². The van der Waals surface area contributed by atoms with Crippen LogP contribution in [-0.2, 0) is 10.2 Å². The molecule has 1 aliphatic heterocycles. The van der Waals surface area contributed by atoms with Crippen molar-refractivity contribution in [1.29, 1.82) is 0 Å². The van der Waals surface area contributed by atoms with E-state index in [1.54, 1.807) is 7.05 Å². The van der Waals surface area contributed by atoms with Gasteiger partial charge in [0, 0.05) is 32.1 Å². The predicted octanol–water partition coefficient (Wildman–Crippen LogP) is 3.40. The summed E-state index contributed by atoms with van der Waals surface area (Å²) in [7, 11) is 1.76. The largest absolute Gasteiger partial charge is 0.492 e. The van der Waals surface area contributed by atoms with Crippen LogP contribution in [0.15, 0.2) is 29.3 Å². The molecule has 29 heavy (non-hydrogen) atoms. The fourth-order valence-electron chi connectivity index (χ4n) is 3.22. The molecule has 1 saturated heterocycles. The second-order valence-electron chi connectivity index (χ2n) is 8.69. The second-order valence-corrected chi connectivity index (χ2v) is 8.69. The zero-order valence-electron chi connectivity index (χ0n) is 18.6. The number of aliphatic imine (C=N–C) groups is 1. The van der Waals surface area contributed by atoms with Crippen LogP contribution in [0, 0.1) is 5.92 Å². The molecule has 7 heteroatoms. The number of nitrogens with zero attached hydrogens (tertiary/aromatic N) is 2. The minimum absolute atomic E-state index is 0. The number of hydrogen-bond acceptors (Lipinski definition) is 3. The summed E-state index contributed by atoms with van der Waals surface area (Å²) in [4.78, 5) is 18.3. The Balaban J connectivity index is 0.00000420. The lowest BCUT2D eigenvalue weighted by molar-refractivity contribution is -0.133. The van der Waals surface area contributed by atoms with Crippen LogP contribution in [-0.4, -0.2) is 56.1 Å². The summed E-state index contributed by atoms with van der Waals surface area (Å²) in [5.74, 6) is 1.89. The van der Waals surface area contributed by atoms with Gasteiger partial charge in [-0.3, -0.25) is 9.79 Å². The predicted molar refractivity (Wildman–Crippen MR) is 130 cm³/mol. The van der Waals surface area contributed by atoms with E-state index in [0.29, 0.717) is 13.2 Å². The van der Waals surface area contributed by atoms with E-state index in [2.05, 4.69) is 48.5 Å². The highest BCUT2D eigenvalue weighted by atomic mass is 127. The maximum absolute atomic E-state index is 12.1. The van der Waals surface area contributed by atoms with E-state index >= 15 is 0 Å². The van der Waals surface area contributed by atoms with Gasteiger partial charge in [-0.05, 0) is 29.5 Å². The summed E-state index contributed by atoms with van der Waals surface area (Å²) in [6, 6.07) is 8.51. The van der Waals surface area contributed by atoms with Crippen LogP contribution in [0.3, 0.4) is 0 Å². The maximum Gasteiger partial charge on any atom is 0.225 e. The van der Waals surface area contributed by atoms with Crippen LogP contribution in [0.5, 0.6) is 5.75 Å². The summed E-state index contributed by atoms with van der Waals surface area (Å²) in [5.41, 5.74) is 1.44. The molecule has 0 aliphatic carbocycles. The molecule has 6 nitrogen and oxygen atoms in total. The first-order chi connectivity index (χ1) is 13.2. The molecule has 0 bridgehead atoms. The van der Waals surface area contributed by atoms with Gasteiger partial charge < -0.3 is 20.3 Å². The minimum atomic E-state index is 0. The Hall–Kier alpha value is -1.51. The minimum Gasteiger partial charge on any atom is -0.492 e. The third kappa shape index (κ3) is 8.03. The Kier molecular flexibility index (Phi) is 10.2. The molecule has 0 aromatic heterocycles. The van der Waals surface area contributed by atoms with Crippen LogP contribution >= 0.6 is 24.0 Å². The molecule has 0 spiro atoms. The fraction of sp³-hybridized carbons (Fsp3) is 0.636. The standard InChI is InChI=1S/C22H36N4O2.HI/c1-16(2)20(27)26-13-11-18(15-26)25-21(23-6)24-12-14-28-19-9-7-17(8-10-19)22(3,4)5;/h7-10,16,18H,11-15H2,1-6H3,(H2,23,24,25);1H. The molecule has 0 radical (unpaired) electrons. The molecule has 1 unspecified atom stereocenters. The van der Waals surface area contributed by atoms with Gasteiger partial charge in [0.25, 0.3) is 0 Å². The molecule has 164 valence electrons. The van der Waals surface area contributed by atoms with Crippen molar-refractivity contribution in [2.75, 3.05) is 33.3 Å². The number of guanidine groups is 1. The number of benzene rings is 1. The van der Waals surface area contributed by atoms with Crippen molar-refractivity contribution in [1.82, 2.24) is 15.5 Å². The van der Waals surface area contributed by atoms with Crippen LogP contribution < -0.4 is 15.4 Å². The number of amides is 1. The number of hydrogen-bond donors (Lipinski definition) is 2. The number of rotatable bonds is 6. The number of ether oxygens (including phenoxy) is 1. The van der Waals surface area contributed by atoms with Gasteiger partial charge >= 0.3 is 0 Å². The summed E-state index contributed by atoms with van der Waals surface area (Å²) < 4.78 is 5.82. The van der Waals surface area contributed by atoms with Gasteiger partial charge in [-0.25, -0.2) is 0 Å². The third-order valence-corrected chi connectivity index (χ3v) is 4.94. The number of carbonyl (C=O) groups is 1. The lowest BCUT2D eigenvalue weighted by Gasteiger charge is -2.20. The van der Waals surface area contributed by atoms with Crippen molar-refractivity contribution < 1.29 is 9.53 Å². The zero-order valence-corrected chi connectivity index (χ0v) is 20.9. The molecular weight excluding hydrogens is 479 g/mol. The Morgan fingerprint density at radius 2 is 1.93 bits per heavy atom. The molecular formula is C22H37IN4O2. The van der Waals surface area contributed by atoms with Crippen LogP contribution in [0.4, 0.5) is 0 Å². The zero-order chi connectivity index (χ0) is 20.7. The van der Waals surface area contributed by atoms with Gasteiger partial charge in [0.2, 0.25) is 5.91 Å². The monoisotopic (exact) mass is 516 g/mol. The third-order valence-electron chi connectivity index (χ3n) is 4.94. The van der Waals surface area contributed by atoms with Crippen LogP contribution in [0.25, 0.3) is 0 Å².